The normalized spacial score (nSPS) is 12.6. The number of benzene rings is 1. The highest BCUT2D eigenvalue weighted by Gasteiger charge is 2.21. The van der Waals surface area contributed by atoms with Crippen molar-refractivity contribution >= 4 is 27.8 Å². The third-order valence-corrected chi connectivity index (χ3v) is 4.03. The van der Waals surface area contributed by atoms with Crippen molar-refractivity contribution in [2.45, 2.75) is 39.8 Å². The Hall–Kier alpha value is -1.47. The molecule has 0 aliphatic carbocycles. The predicted molar refractivity (Wildman–Crippen MR) is 91.3 cm³/mol. The van der Waals surface area contributed by atoms with E-state index in [9.17, 15) is 13.2 Å². The van der Waals surface area contributed by atoms with Crippen molar-refractivity contribution < 1.29 is 17.4 Å². The van der Waals surface area contributed by atoms with Crippen LogP contribution in [-0.4, -0.2) is 38.2 Å². The molecule has 0 aliphatic rings. The number of halogens is 1. The lowest BCUT2D eigenvalue weighted by atomic mass is 10.1. The second kappa shape index (κ2) is 8.40. The Morgan fingerprint density at radius 3 is 2.57 bits per heavy atom. The summed E-state index contributed by atoms with van der Waals surface area (Å²) in [7, 11) is -3.67. The highest BCUT2D eigenvalue weighted by molar-refractivity contribution is 7.86. The molecule has 8 heteroatoms. The molecule has 2 amide bonds. The van der Waals surface area contributed by atoms with Gasteiger partial charge >= 0.3 is 16.1 Å². The Labute approximate surface area is 142 Å². The van der Waals surface area contributed by atoms with E-state index in [1.807, 2.05) is 20.8 Å². The highest BCUT2D eigenvalue weighted by atomic mass is 35.5. The average Bonchev–Trinajstić information content (AvgIpc) is 2.45. The summed E-state index contributed by atoms with van der Waals surface area (Å²) < 4.78 is 27.8. The maximum atomic E-state index is 12.3. The van der Waals surface area contributed by atoms with Crippen LogP contribution < -0.4 is 9.50 Å². The lowest BCUT2D eigenvalue weighted by molar-refractivity contribution is 0.173. The van der Waals surface area contributed by atoms with E-state index < -0.39 is 10.1 Å². The van der Waals surface area contributed by atoms with Crippen LogP contribution in [0.2, 0.25) is 5.02 Å². The molecule has 1 rings (SSSR count). The Morgan fingerprint density at radius 1 is 1.39 bits per heavy atom. The molecule has 0 unspecified atom stereocenters. The Balaban J connectivity index is 3.16. The summed E-state index contributed by atoms with van der Waals surface area (Å²) in [6, 6.07) is 4.41. The number of hydrogen-bond donors (Lipinski definition) is 1. The van der Waals surface area contributed by atoms with Crippen molar-refractivity contribution in [2.24, 2.45) is 0 Å². The van der Waals surface area contributed by atoms with Gasteiger partial charge in [0.1, 0.15) is 5.75 Å². The van der Waals surface area contributed by atoms with Gasteiger partial charge in [0.2, 0.25) is 0 Å². The van der Waals surface area contributed by atoms with Gasteiger partial charge < -0.3 is 14.4 Å². The first kappa shape index (κ1) is 19.6. The quantitative estimate of drug-likeness (QED) is 0.756. The summed E-state index contributed by atoms with van der Waals surface area (Å²) in [5.41, 5.74) is 0.537. The number of rotatable bonds is 7. The predicted octanol–water partition coefficient (Wildman–Crippen LogP) is 3.01. The van der Waals surface area contributed by atoms with Crippen LogP contribution in [-0.2, 0) is 16.7 Å². The molecule has 1 N–H and O–H groups in total. The van der Waals surface area contributed by atoms with Gasteiger partial charge in [0, 0.05) is 23.2 Å². The average molecular weight is 363 g/mol. The summed E-state index contributed by atoms with van der Waals surface area (Å²) in [6.07, 6.45) is 1.74. The van der Waals surface area contributed by atoms with Gasteiger partial charge in [-0.2, -0.15) is 8.42 Å². The molecule has 6 nitrogen and oxygen atoms in total. The minimum absolute atomic E-state index is 0.0217. The van der Waals surface area contributed by atoms with Gasteiger partial charge in [-0.3, -0.25) is 0 Å². The van der Waals surface area contributed by atoms with Crippen molar-refractivity contribution in [3.8, 4) is 5.75 Å². The molecular formula is C15H23ClN2O4S. The van der Waals surface area contributed by atoms with Gasteiger partial charge in [-0.1, -0.05) is 18.5 Å². The third kappa shape index (κ3) is 6.27. The highest BCUT2D eigenvalue weighted by Crippen LogP contribution is 2.26. The van der Waals surface area contributed by atoms with E-state index >= 15 is 0 Å². The lowest BCUT2D eigenvalue weighted by Crippen LogP contribution is -2.44. The zero-order valence-corrected chi connectivity index (χ0v) is 15.4. The van der Waals surface area contributed by atoms with E-state index in [4.69, 9.17) is 15.8 Å². The van der Waals surface area contributed by atoms with E-state index in [0.717, 1.165) is 12.7 Å². The molecule has 1 atom stereocenters. The summed E-state index contributed by atoms with van der Waals surface area (Å²) in [5, 5.41) is 3.20. The van der Waals surface area contributed by atoms with Crippen LogP contribution in [0.4, 0.5) is 4.79 Å². The number of carbonyl (C=O) groups excluding carboxylic acids is 1. The van der Waals surface area contributed by atoms with Gasteiger partial charge in [0.25, 0.3) is 0 Å². The van der Waals surface area contributed by atoms with Crippen LogP contribution in [0.1, 0.15) is 32.8 Å². The van der Waals surface area contributed by atoms with E-state index in [-0.39, 0.29) is 24.4 Å². The first-order valence-corrected chi connectivity index (χ1v) is 9.59. The van der Waals surface area contributed by atoms with Crippen molar-refractivity contribution in [1.82, 2.24) is 10.2 Å². The third-order valence-electron chi connectivity index (χ3n) is 3.32. The summed E-state index contributed by atoms with van der Waals surface area (Å²) in [6.45, 7) is 6.45. The summed E-state index contributed by atoms with van der Waals surface area (Å²) in [5.74, 6) is 0.175. The van der Waals surface area contributed by atoms with Gasteiger partial charge in [-0.25, -0.2) is 4.79 Å². The van der Waals surface area contributed by atoms with Gasteiger partial charge in [-0.15, -0.1) is 0 Å². The molecule has 0 aromatic heterocycles. The molecule has 1 aromatic rings. The van der Waals surface area contributed by atoms with E-state index in [1.165, 1.54) is 6.07 Å². The number of amides is 2. The van der Waals surface area contributed by atoms with Crippen molar-refractivity contribution in [2.75, 3.05) is 12.8 Å². The van der Waals surface area contributed by atoms with Gasteiger partial charge in [0.15, 0.2) is 0 Å². The zero-order valence-electron chi connectivity index (χ0n) is 13.8. The van der Waals surface area contributed by atoms with Crippen molar-refractivity contribution in [1.29, 1.82) is 0 Å². The second-order valence-electron chi connectivity index (χ2n) is 5.26. The van der Waals surface area contributed by atoms with Crippen LogP contribution in [0.5, 0.6) is 5.75 Å². The van der Waals surface area contributed by atoms with E-state index in [1.54, 1.807) is 17.0 Å². The minimum Gasteiger partial charge on any atom is -0.382 e. The summed E-state index contributed by atoms with van der Waals surface area (Å²) in [4.78, 5) is 13.9. The minimum atomic E-state index is -3.67. The topological polar surface area (TPSA) is 75.7 Å². The van der Waals surface area contributed by atoms with E-state index in [2.05, 4.69) is 5.32 Å². The molecule has 1 aromatic carbocycles. The monoisotopic (exact) mass is 362 g/mol. The summed E-state index contributed by atoms with van der Waals surface area (Å²) >= 11 is 6.00. The fourth-order valence-corrected chi connectivity index (χ4v) is 2.68. The molecule has 0 spiro atoms. The number of nitrogens with one attached hydrogen (secondary N) is 1. The molecule has 0 fully saturated rings. The molecule has 130 valence electrons. The van der Waals surface area contributed by atoms with Crippen LogP contribution >= 0.6 is 11.6 Å². The number of carbonyl (C=O) groups is 1. The van der Waals surface area contributed by atoms with Crippen molar-refractivity contribution in [3.05, 3.63) is 28.8 Å². The molecule has 0 aliphatic heterocycles. The smallest absolute Gasteiger partial charge is 0.317 e. The van der Waals surface area contributed by atoms with Crippen LogP contribution in [0.25, 0.3) is 0 Å². The Morgan fingerprint density at radius 2 is 2.04 bits per heavy atom. The van der Waals surface area contributed by atoms with Crippen molar-refractivity contribution in [3.63, 3.8) is 0 Å². The standard InChI is InChI=1S/C15H23ClN2O4S/c1-5-11(3)18(15(19)17-6-2)10-12-9-13(16)7-8-14(12)22-23(4,20)21/h7-9,11H,5-6,10H2,1-4H3,(H,17,19)/t11-/m1/s1. The first-order valence-electron chi connectivity index (χ1n) is 7.40. The first-order chi connectivity index (χ1) is 10.7. The fraction of sp³-hybridized carbons (Fsp3) is 0.533. The van der Waals surface area contributed by atoms with Crippen LogP contribution in [0.3, 0.4) is 0 Å². The SMILES string of the molecule is CCNC(=O)N(Cc1cc(Cl)ccc1OS(C)(=O)=O)[C@H](C)CC. The molecular weight excluding hydrogens is 340 g/mol. The van der Waals surface area contributed by atoms with E-state index in [0.29, 0.717) is 17.1 Å². The number of nitrogens with zero attached hydrogens (tertiary/aromatic N) is 1. The molecule has 0 saturated heterocycles. The maximum Gasteiger partial charge on any atom is 0.317 e. The second-order valence-corrected chi connectivity index (χ2v) is 7.27. The Kier molecular flexibility index (Phi) is 7.15. The molecule has 0 bridgehead atoms. The van der Waals surface area contributed by atoms with Gasteiger partial charge in [0.05, 0.1) is 12.8 Å². The fourth-order valence-electron chi connectivity index (χ4n) is 2.00. The molecule has 23 heavy (non-hydrogen) atoms. The van der Waals surface area contributed by atoms with Gasteiger partial charge in [-0.05, 0) is 38.5 Å². The lowest BCUT2D eigenvalue weighted by Gasteiger charge is -2.29. The largest absolute Gasteiger partial charge is 0.382 e. The maximum absolute atomic E-state index is 12.3. The molecule has 0 radical (unpaired) electrons. The number of hydrogen-bond acceptors (Lipinski definition) is 4. The Bertz CT molecular complexity index is 649. The number of urea groups is 1. The zero-order chi connectivity index (χ0) is 17.6. The van der Waals surface area contributed by atoms with Crippen LogP contribution in [0, 0.1) is 0 Å². The molecule has 0 saturated carbocycles. The molecule has 0 heterocycles. The van der Waals surface area contributed by atoms with Crippen LogP contribution in [0.15, 0.2) is 18.2 Å².